The van der Waals surface area contributed by atoms with Gasteiger partial charge in [-0.2, -0.15) is 0 Å². The highest BCUT2D eigenvalue weighted by molar-refractivity contribution is 5.69. The Balaban J connectivity index is 1.56. The second-order valence-electron chi connectivity index (χ2n) is 14.1. The first-order valence-corrected chi connectivity index (χ1v) is 14.9. The second kappa shape index (κ2) is 12.8. The number of unbranched alkanes of at least 4 members (excludes halogenated alkanes) is 5. The summed E-state index contributed by atoms with van der Waals surface area (Å²) < 4.78 is 11.8. The molecule has 2 heterocycles. The lowest BCUT2D eigenvalue weighted by atomic mass is 9.76. The van der Waals surface area contributed by atoms with E-state index in [4.69, 9.17) is 9.47 Å². The first-order chi connectivity index (χ1) is 17.0. The quantitative estimate of drug-likeness (QED) is 0.205. The zero-order chi connectivity index (χ0) is 28.1. The van der Waals surface area contributed by atoms with Crippen molar-refractivity contribution < 1.29 is 19.1 Å². The molecule has 0 bridgehead atoms. The molecule has 0 saturated carbocycles. The number of piperidine rings is 2. The van der Waals surface area contributed by atoms with Crippen LogP contribution in [0.3, 0.4) is 0 Å². The monoisotopic (exact) mass is 522 g/mol. The lowest BCUT2D eigenvalue weighted by Gasteiger charge is -2.54. The zero-order valence-corrected chi connectivity index (χ0v) is 25.9. The van der Waals surface area contributed by atoms with E-state index >= 15 is 0 Å². The predicted molar refractivity (Wildman–Crippen MR) is 152 cm³/mol. The zero-order valence-electron chi connectivity index (χ0n) is 25.9. The van der Waals surface area contributed by atoms with Crippen LogP contribution in [-0.2, 0) is 19.1 Å². The van der Waals surface area contributed by atoms with Crippen LogP contribution in [0.15, 0.2) is 0 Å². The number of rotatable bonds is 12. The highest BCUT2D eigenvalue weighted by atomic mass is 16.5. The van der Waals surface area contributed by atoms with Crippen molar-refractivity contribution in [3.63, 3.8) is 0 Å². The van der Waals surface area contributed by atoms with Crippen molar-refractivity contribution in [1.82, 2.24) is 9.80 Å². The van der Waals surface area contributed by atoms with Gasteiger partial charge >= 0.3 is 11.9 Å². The van der Waals surface area contributed by atoms with Gasteiger partial charge in [-0.15, -0.1) is 0 Å². The van der Waals surface area contributed by atoms with Gasteiger partial charge in [-0.3, -0.25) is 19.4 Å². The Labute approximate surface area is 228 Å². The van der Waals surface area contributed by atoms with Crippen LogP contribution in [0.1, 0.15) is 139 Å². The summed E-state index contributed by atoms with van der Waals surface area (Å²) in [4.78, 5) is 29.8. The lowest BCUT2D eigenvalue weighted by Crippen LogP contribution is -2.61. The number of carbonyl (C=O) groups excluding carboxylic acids is 2. The number of hydrogen-bond donors (Lipinski definition) is 0. The predicted octanol–water partition coefficient (Wildman–Crippen LogP) is 6.89. The van der Waals surface area contributed by atoms with Crippen molar-refractivity contribution in [3.05, 3.63) is 0 Å². The molecule has 2 fully saturated rings. The molecule has 37 heavy (non-hydrogen) atoms. The summed E-state index contributed by atoms with van der Waals surface area (Å²) in [6, 6.07) is 0. The van der Waals surface area contributed by atoms with Gasteiger partial charge in [0.15, 0.2) is 0 Å². The molecule has 0 aromatic carbocycles. The fraction of sp³-hybridized carbons (Fsp3) is 0.935. The Kier molecular flexibility index (Phi) is 11.1. The van der Waals surface area contributed by atoms with Gasteiger partial charge in [-0.05, 0) is 81.8 Å². The van der Waals surface area contributed by atoms with E-state index in [0.717, 1.165) is 70.6 Å². The molecular weight excluding hydrogens is 464 g/mol. The molecule has 2 rings (SSSR count). The molecule has 6 heteroatoms. The molecular formula is C31H58N2O4. The van der Waals surface area contributed by atoms with E-state index in [1.54, 1.807) is 0 Å². The number of likely N-dealkylation sites (tertiary alicyclic amines) is 2. The summed E-state index contributed by atoms with van der Waals surface area (Å²) >= 11 is 0. The van der Waals surface area contributed by atoms with E-state index in [2.05, 4.69) is 79.3 Å². The third-order valence-corrected chi connectivity index (χ3v) is 9.75. The van der Waals surface area contributed by atoms with Crippen molar-refractivity contribution in [2.75, 3.05) is 14.1 Å². The third kappa shape index (κ3) is 8.95. The highest BCUT2D eigenvalue weighted by Gasteiger charge is 2.46. The van der Waals surface area contributed by atoms with E-state index in [0.29, 0.717) is 12.8 Å². The fourth-order valence-electron chi connectivity index (χ4n) is 6.69. The van der Waals surface area contributed by atoms with E-state index in [1.165, 1.54) is 0 Å². The maximum atomic E-state index is 12.5. The van der Waals surface area contributed by atoms with E-state index in [-0.39, 0.29) is 46.3 Å². The second-order valence-corrected chi connectivity index (χ2v) is 14.1. The largest absolute Gasteiger partial charge is 0.462 e. The molecule has 0 spiro atoms. The molecule has 0 aliphatic carbocycles. The van der Waals surface area contributed by atoms with Gasteiger partial charge in [-0.1, -0.05) is 32.6 Å². The minimum atomic E-state index is -0.0554. The Morgan fingerprint density at radius 1 is 0.622 bits per heavy atom. The number of nitrogens with zero attached hydrogens (tertiary/aromatic N) is 2. The Morgan fingerprint density at radius 3 is 1.38 bits per heavy atom. The van der Waals surface area contributed by atoms with Crippen LogP contribution in [0.5, 0.6) is 0 Å². The van der Waals surface area contributed by atoms with Gasteiger partial charge in [0.2, 0.25) is 0 Å². The van der Waals surface area contributed by atoms with Crippen LogP contribution in [0.25, 0.3) is 0 Å². The maximum Gasteiger partial charge on any atom is 0.306 e. The third-order valence-electron chi connectivity index (χ3n) is 9.75. The summed E-state index contributed by atoms with van der Waals surface area (Å²) in [6.45, 7) is 17.9. The molecule has 2 saturated heterocycles. The SMILES string of the molecule is CCC1(C)CC(OC(=O)CCCCCCCCC(=O)OC2CC(C)(C)N(C)C(C)(C)C2)CC(C)(C)N1C. The van der Waals surface area contributed by atoms with Crippen molar-refractivity contribution in [2.24, 2.45) is 0 Å². The molecule has 0 amide bonds. The van der Waals surface area contributed by atoms with E-state index < -0.39 is 0 Å². The van der Waals surface area contributed by atoms with Crippen LogP contribution in [-0.4, -0.2) is 70.2 Å². The van der Waals surface area contributed by atoms with Crippen molar-refractivity contribution in [1.29, 1.82) is 0 Å². The molecule has 2 aliphatic heterocycles. The summed E-state index contributed by atoms with van der Waals surface area (Å²) in [5, 5.41) is 0. The lowest BCUT2D eigenvalue weighted by molar-refractivity contribution is -0.160. The van der Waals surface area contributed by atoms with Crippen LogP contribution in [0.2, 0.25) is 0 Å². The number of hydrogen-bond acceptors (Lipinski definition) is 6. The Hall–Kier alpha value is -1.14. The van der Waals surface area contributed by atoms with Crippen LogP contribution in [0, 0.1) is 0 Å². The smallest absolute Gasteiger partial charge is 0.306 e. The van der Waals surface area contributed by atoms with Crippen molar-refractivity contribution >= 4 is 11.9 Å². The molecule has 216 valence electrons. The van der Waals surface area contributed by atoms with E-state index in [1.807, 2.05) is 0 Å². The highest BCUT2D eigenvalue weighted by Crippen LogP contribution is 2.40. The molecule has 2 atom stereocenters. The van der Waals surface area contributed by atoms with Crippen molar-refractivity contribution in [2.45, 2.75) is 173 Å². The van der Waals surface area contributed by atoms with E-state index in [9.17, 15) is 9.59 Å². The first kappa shape index (κ1) is 32.1. The number of carbonyl (C=O) groups is 2. The summed E-state index contributed by atoms with van der Waals surface area (Å²) in [6.07, 6.45) is 11.6. The molecule has 0 radical (unpaired) electrons. The molecule has 0 aromatic heterocycles. The van der Waals surface area contributed by atoms with Gasteiger partial charge in [-0.25, -0.2) is 0 Å². The normalized spacial score (nSPS) is 28.1. The van der Waals surface area contributed by atoms with Gasteiger partial charge in [0.05, 0.1) is 0 Å². The first-order valence-electron chi connectivity index (χ1n) is 14.9. The fourth-order valence-corrected chi connectivity index (χ4v) is 6.69. The molecule has 2 unspecified atom stereocenters. The Morgan fingerprint density at radius 2 is 0.973 bits per heavy atom. The van der Waals surface area contributed by atoms with Crippen LogP contribution in [0.4, 0.5) is 0 Å². The maximum absolute atomic E-state index is 12.5. The van der Waals surface area contributed by atoms with Crippen molar-refractivity contribution in [3.8, 4) is 0 Å². The van der Waals surface area contributed by atoms with Crippen LogP contribution < -0.4 is 0 Å². The van der Waals surface area contributed by atoms with Gasteiger partial charge in [0.1, 0.15) is 12.2 Å². The number of ether oxygens (including phenoxy) is 2. The average Bonchev–Trinajstić information content (AvgIpc) is 2.77. The standard InChI is InChI=1S/C31H58N2O4/c1-11-31(8)23-25(22-30(6,7)33(31)10)37-27(35)19-17-15-13-12-14-16-18-26(34)36-24-20-28(2,3)32(9)29(4,5)21-24/h24-25H,11-23H2,1-10H3. The Bertz CT molecular complexity index is 744. The summed E-state index contributed by atoms with van der Waals surface area (Å²) in [7, 11) is 4.36. The van der Waals surface area contributed by atoms with Gasteiger partial charge in [0.25, 0.3) is 0 Å². The topological polar surface area (TPSA) is 59.1 Å². The van der Waals surface area contributed by atoms with Gasteiger partial charge < -0.3 is 9.47 Å². The van der Waals surface area contributed by atoms with Crippen LogP contribution >= 0.6 is 0 Å². The number of esters is 2. The molecule has 6 nitrogen and oxygen atoms in total. The summed E-state index contributed by atoms with van der Waals surface area (Å²) in [5.74, 6) is -0.105. The molecule has 2 aliphatic rings. The minimum absolute atomic E-state index is 0.00441. The average molecular weight is 523 g/mol. The minimum Gasteiger partial charge on any atom is -0.462 e. The van der Waals surface area contributed by atoms with Gasteiger partial charge in [0, 0.05) is 60.7 Å². The molecule has 0 N–H and O–H groups in total. The molecule has 0 aromatic rings. The summed E-state index contributed by atoms with van der Waals surface area (Å²) in [5.41, 5.74) is 0.151.